The first-order chi connectivity index (χ1) is 10.0. The highest BCUT2D eigenvalue weighted by Gasteiger charge is 2.26. The molecule has 1 unspecified atom stereocenters. The van der Waals surface area contributed by atoms with Crippen molar-refractivity contribution in [2.24, 2.45) is 5.92 Å². The number of carbonyl (C=O) groups excluding carboxylic acids is 2. The van der Waals surface area contributed by atoms with Crippen molar-refractivity contribution >= 4 is 29.3 Å². The van der Waals surface area contributed by atoms with E-state index in [0.29, 0.717) is 11.5 Å². The second-order valence-corrected chi connectivity index (χ2v) is 7.32. The van der Waals surface area contributed by atoms with Gasteiger partial charge < -0.3 is 10.2 Å². The number of hydrogen-bond donors (Lipinski definition) is 1. The Bertz CT molecular complexity index is 580. The summed E-state index contributed by atoms with van der Waals surface area (Å²) in [6, 6.07) is 5.62. The van der Waals surface area contributed by atoms with Crippen LogP contribution in [-0.4, -0.2) is 35.1 Å². The molecule has 0 aliphatic carbocycles. The number of fused-ring (bicyclic) bond motifs is 1. The lowest BCUT2D eigenvalue weighted by Gasteiger charge is -2.30. The SMILES string of the molecule is CC1CCN(C(=O)c2ccc3c(c2)NC(=O)C(C)S3)CC1. The minimum atomic E-state index is -0.0809. The van der Waals surface area contributed by atoms with Gasteiger partial charge in [0, 0.05) is 23.5 Å². The molecule has 1 N–H and O–H groups in total. The summed E-state index contributed by atoms with van der Waals surface area (Å²) in [6.45, 7) is 5.77. The zero-order valence-corrected chi connectivity index (χ0v) is 13.2. The van der Waals surface area contributed by atoms with Crippen LogP contribution in [0, 0.1) is 5.92 Å². The highest BCUT2D eigenvalue weighted by Crippen LogP contribution is 2.36. The second-order valence-electron chi connectivity index (χ2n) is 5.93. The highest BCUT2D eigenvalue weighted by atomic mass is 32.2. The molecule has 3 rings (SSSR count). The topological polar surface area (TPSA) is 49.4 Å². The predicted octanol–water partition coefficient (Wildman–Crippen LogP) is 2.99. The van der Waals surface area contributed by atoms with Gasteiger partial charge in [-0.05, 0) is 43.9 Å². The minimum Gasteiger partial charge on any atom is -0.339 e. The van der Waals surface area contributed by atoms with Crippen molar-refractivity contribution in [2.75, 3.05) is 18.4 Å². The van der Waals surface area contributed by atoms with Crippen LogP contribution in [0.4, 0.5) is 5.69 Å². The third-order valence-corrected chi connectivity index (χ3v) is 5.41. The van der Waals surface area contributed by atoms with Gasteiger partial charge in [-0.2, -0.15) is 0 Å². The van der Waals surface area contributed by atoms with Crippen LogP contribution in [0.1, 0.15) is 37.0 Å². The number of anilines is 1. The molecular formula is C16H20N2O2S. The van der Waals surface area contributed by atoms with Crippen LogP contribution < -0.4 is 5.32 Å². The van der Waals surface area contributed by atoms with Crippen molar-refractivity contribution in [3.63, 3.8) is 0 Å². The van der Waals surface area contributed by atoms with E-state index in [-0.39, 0.29) is 17.1 Å². The Labute approximate surface area is 129 Å². The normalized spacial score (nSPS) is 22.7. The molecule has 0 bridgehead atoms. The molecule has 0 saturated carbocycles. The van der Waals surface area contributed by atoms with Crippen molar-refractivity contribution < 1.29 is 9.59 Å². The number of rotatable bonds is 1. The van der Waals surface area contributed by atoms with Crippen LogP contribution in [0.3, 0.4) is 0 Å². The number of piperidine rings is 1. The summed E-state index contributed by atoms with van der Waals surface area (Å²) < 4.78 is 0. The summed E-state index contributed by atoms with van der Waals surface area (Å²) in [4.78, 5) is 27.2. The van der Waals surface area contributed by atoms with Gasteiger partial charge in [0.25, 0.3) is 5.91 Å². The second kappa shape index (κ2) is 5.72. The average Bonchev–Trinajstić information content (AvgIpc) is 2.48. The first-order valence-electron chi connectivity index (χ1n) is 7.45. The smallest absolute Gasteiger partial charge is 0.253 e. The van der Waals surface area contributed by atoms with Gasteiger partial charge in [-0.1, -0.05) is 6.92 Å². The molecule has 1 fully saturated rings. The molecule has 5 heteroatoms. The summed E-state index contributed by atoms with van der Waals surface area (Å²) in [7, 11) is 0. The van der Waals surface area contributed by atoms with Crippen molar-refractivity contribution in [1.82, 2.24) is 4.90 Å². The van der Waals surface area contributed by atoms with Crippen molar-refractivity contribution in [1.29, 1.82) is 0 Å². The average molecular weight is 304 g/mol. The molecule has 2 amide bonds. The highest BCUT2D eigenvalue weighted by molar-refractivity contribution is 8.00. The van der Waals surface area contributed by atoms with E-state index in [2.05, 4.69) is 12.2 Å². The number of thioether (sulfide) groups is 1. The first kappa shape index (κ1) is 14.4. The van der Waals surface area contributed by atoms with E-state index in [4.69, 9.17) is 0 Å². The first-order valence-corrected chi connectivity index (χ1v) is 8.33. The molecule has 1 atom stereocenters. The molecule has 21 heavy (non-hydrogen) atoms. The van der Waals surface area contributed by atoms with E-state index in [1.807, 2.05) is 30.0 Å². The fourth-order valence-electron chi connectivity index (χ4n) is 2.74. The molecule has 1 saturated heterocycles. The maximum atomic E-state index is 12.5. The Balaban J connectivity index is 1.79. The molecule has 2 heterocycles. The maximum Gasteiger partial charge on any atom is 0.253 e. The molecule has 4 nitrogen and oxygen atoms in total. The summed E-state index contributed by atoms with van der Waals surface area (Å²) in [5, 5.41) is 2.80. The monoisotopic (exact) mass is 304 g/mol. The van der Waals surface area contributed by atoms with E-state index in [9.17, 15) is 9.59 Å². The van der Waals surface area contributed by atoms with Gasteiger partial charge in [0.05, 0.1) is 10.9 Å². The Hall–Kier alpha value is -1.49. The van der Waals surface area contributed by atoms with E-state index >= 15 is 0 Å². The van der Waals surface area contributed by atoms with Crippen LogP contribution in [0.25, 0.3) is 0 Å². The van der Waals surface area contributed by atoms with E-state index in [0.717, 1.165) is 36.5 Å². The number of nitrogens with zero attached hydrogens (tertiary/aromatic N) is 1. The Morgan fingerprint density at radius 3 is 2.71 bits per heavy atom. The van der Waals surface area contributed by atoms with Gasteiger partial charge >= 0.3 is 0 Å². The molecule has 1 aromatic rings. The zero-order chi connectivity index (χ0) is 15.0. The van der Waals surface area contributed by atoms with Gasteiger partial charge in [-0.15, -0.1) is 11.8 Å². The van der Waals surface area contributed by atoms with Crippen molar-refractivity contribution in [3.8, 4) is 0 Å². The van der Waals surface area contributed by atoms with Crippen LogP contribution in [0.15, 0.2) is 23.1 Å². The number of likely N-dealkylation sites (tertiary alicyclic amines) is 1. The van der Waals surface area contributed by atoms with Gasteiger partial charge in [-0.3, -0.25) is 9.59 Å². The molecular weight excluding hydrogens is 284 g/mol. The number of nitrogens with one attached hydrogen (secondary N) is 1. The van der Waals surface area contributed by atoms with Gasteiger partial charge in [-0.25, -0.2) is 0 Å². The van der Waals surface area contributed by atoms with Gasteiger partial charge in [0.2, 0.25) is 5.91 Å². The third-order valence-electron chi connectivity index (χ3n) is 4.23. The molecule has 2 aliphatic rings. The molecule has 2 aliphatic heterocycles. The van der Waals surface area contributed by atoms with E-state index in [1.54, 1.807) is 0 Å². The molecule has 0 spiro atoms. The number of benzene rings is 1. The number of amides is 2. The Kier molecular flexibility index (Phi) is 3.93. The predicted molar refractivity (Wildman–Crippen MR) is 84.7 cm³/mol. The van der Waals surface area contributed by atoms with Crippen LogP contribution in [0.5, 0.6) is 0 Å². The lowest BCUT2D eigenvalue weighted by molar-refractivity contribution is -0.115. The summed E-state index contributed by atoms with van der Waals surface area (Å²) in [5.41, 5.74) is 1.43. The van der Waals surface area contributed by atoms with Gasteiger partial charge in [0.15, 0.2) is 0 Å². The van der Waals surface area contributed by atoms with Crippen LogP contribution in [0.2, 0.25) is 0 Å². The summed E-state index contributed by atoms with van der Waals surface area (Å²) in [5.74, 6) is 0.779. The number of carbonyl (C=O) groups is 2. The van der Waals surface area contributed by atoms with Crippen LogP contribution >= 0.6 is 11.8 Å². The largest absolute Gasteiger partial charge is 0.339 e. The third kappa shape index (κ3) is 2.93. The minimum absolute atomic E-state index is 0.00361. The zero-order valence-electron chi connectivity index (χ0n) is 12.4. The summed E-state index contributed by atoms with van der Waals surface area (Å²) >= 11 is 1.54. The Morgan fingerprint density at radius 1 is 1.29 bits per heavy atom. The summed E-state index contributed by atoms with van der Waals surface area (Å²) in [6.07, 6.45) is 2.14. The van der Waals surface area contributed by atoms with E-state index in [1.165, 1.54) is 11.8 Å². The lowest BCUT2D eigenvalue weighted by atomic mass is 9.98. The van der Waals surface area contributed by atoms with E-state index < -0.39 is 0 Å². The van der Waals surface area contributed by atoms with Crippen molar-refractivity contribution in [2.45, 2.75) is 36.8 Å². The Morgan fingerprint density at radius 2 is 2.00 bits per heavy atom. The lowest BCUT2D eigenvalue weighted by Crippen LogP contribution is -2.38. The fraction of sp³-hybridized carbons (Fsp3) is 0.500. The van der Waals surface area contributed by atoms with Gasteiger partial charge in [0.1, 0.15) is 0 Å². The fourth-order valence-corrected chi connectivity index (χ4v) is 3.67. The molecule has 112 valence electrons. The standard InChI is InChI=1S/C16H20N2O2S/c1-10-5-7-18(8-6-10)16(20)12-3-4-14-13(9-12)17-15(19)11(2)21-14/h3-4,9-11H,5-8H2,1-2H3,(H,17,19). The molecule has 0 aromatic heterocycles. The molecule has 0 radical (unpaired) electrons. The molecule has 1 aromatic carbocycles. The quantitative estimate of drug-likeness (QED) is 0.867. The van der Waals surface area contributed by atoms with Crippen LogP contribution in [-0.2, 0) is 4.79 Å². The van der Waals surface area contributed by atoms with Crippen molar-refractivity contribution in [3.05, 3.63) is 23.8 Å². The number of hydrogen-bond acceptors (Lipinski definition) is 3. The maximum absolute atomic E-state index is 12.5.